The number of aromatic nitrogens is 5. The minimum Gasteiger partial charge on any atom is -0.310 e. The van der Waals surface area contributed by atoms with Gasteiger partial charge < -0.3 is 5.32 Å². The number of anilines is 1. The van der Waals surface area contributed by atoms with Gasteiger partial charge in [-0.15, -0.1) is 5.10 Å². The zero-order valence-electron chi connectivity index (χ0n) is 12.9. The van der Waals surface area contributed by atoms with Crippen LogP contribution in [0.3, 0.4) is 0 Å². The molecule has 1 aromatic carbocycles. The molecule has 7 nitrogen and oxygen atoms in total. The Morgan fingerprint density at radius 2 is 2.20 bits per heavy atom. The average Bonchev–Trinajstić information content (AvgIpc) is 3.05. The van der Waals surface area contributed by atoms with Crippen molar-refractivity contribution < 1.29 is 9.18 Å². The van der Waals surface area contributed by atoms with Crippen molar-refractivity contribution in [1.29, 1.82) is 0 Å². The first kappa shape index (κ1) is 17.3. The van der Waals surface area contributed by atoms with Crippen molar-refractivity contribution in [3.8, 4) is 5.69 Å². The first-order chi connectivity index (χ1) is 12.0. The van der Waals surface area contributed by atoms with Crippen LogP contribution in [-0.4, -0.2) is 36.3 Å². The maximum absolute atomic E-state index is 13.4. The number of tetrazole rings is 1. The first-order valence-electron chi connectivity index (χ1n) is 7.16. The third-order valence-electron chi connectivity index (χ3n) is 3.12. The van der Waals surface area contributed by atoms with E-state index in [9.17, 15) is 9.18 Å². The van der Waals surface area contributed by atoms with Crippen molar-refractivity contribution in [3.05, 3.63) is 53.4 Å². The summed E-state index contributed by atoms with van der Waals surface area (Å²) in [5.41, 5.74) is 0.472. The number of hydrogen-bond acceptors (Lipinski definition) is 6. The van der Waals surface area contributed by atoms with Gasteiger partial charge >= 0.3 is 0 Å². The summed E-state index contributed by atoms with van der Waals surface area (Å²) in [7, 11) is 0. The van der Waals surface area contributed by atoms with E-state index in [2.05, 4.69) is 25.8 Å². The molecule has 0 aliphatic rings. The van der Waals surface area contributed by atoms with Crippen molar-refractivity contribution in [1.82, 2.24) is 25.2 Å². The molecule has 0 spiro atoms. The molecular weight excluding hydrogens is 367 g/mol. The van der Waals surface area contributed by atoms with Gasteiger partial charge in [-0.2, -0.15) is 4.68 Å². The molecule has 25 heavy (non-hydrogen) atoms. The zero-order valence-corrected chi connectivity index (χ0v) is 14.5. The zero-order chi connectivity index (χ0) is 17.8. The number of carbonyl (C=O) groups excluding carboxylic acids is 1. The van der Waals surface area contributed by atoms with Gasteiger partial charge in [0.2, 0.25) is 11.1 Å². The lowest BCUT2D eigenvalue weighted by Gasteiger charge is -2.11. The van der Waals surface area contributed by atoms with E-state index < -0.39 is 11.1 Å². The summed E-state index contributed by atoms with van der Waals surface area (Å²) >= 11 is 6.91. The summed E-state index contributed by atoms with van der Waals surface area (Å²) in [6, 6.07) is 9.11. The average molecular weight is 379 g/mol. The highest BCUT2D eigenvalue weighted by molar-refractivity contribution is 8.00. The number of carbonyl (C=O) groups is 1. The van der Waals surface area contributed by atoms with Gasteiger partial charge in [0.1, 0.15) is 11.6 Å². The number of hydrogen-bond donors (Lipinski definition) is 1. The van der Waals surface area contributed by atoms with Crippen LogP contribution in [0.2, 0.25) is 5.02 Å². The Labute approximate surface area is 151 Å². The standard InChI is InChI=1S/C15H12ClFN6OS/c1-9(14(24)19-13-6-5-10(16)8-18-13)25-15-20-21-22-23(15)12-4-2-3-11(17)7-12/h2-9H,1H3,(H,18,19,24). The highest BCUT2D eigenvalue weighted by atomic mass is 35.5. The van der Waals surface area contributed by atoms with E-state index in [0.717, 1.165) is 11.8 Å². The Morgan fingerprint density at radius 1 is 1.36 bits per heavy atom. The van der Waals surface area contributed by atoms with Gasteiger partial charge in [-0.1, -0.05) is 29.4 Å². The Bertz CT molecular complexity index is 888. The van der Waals surface area contributed by atoms with Gasteiger partial charge in [0.05, 0.1) is 16.0 Å². The van der Waals surface area contributed by atoms with Crippen LogP contribution in [0.1, 0.15) is 6.92 Å². The minimum absolute atomic E-state index is 0.270. The van der Waals surface area contributed by atoms with Crippen LogP contribution in [0.25, 0.3) is 5.69 Å². The number of nitrogens with one attached hydrogen (secondary N) is 1. The van der Waals surface area contributed by atoms with Crippen molar-refractivity contribution in [2.24, 2.45) is 0 Å². The van der Waals surface area contributed by atoms with Gasteiger partial charge in [-0.3, -0.25) is 4.79 Å². The van der Waals surface area contributed by atoms with Crippen LogP contribution < -0.4 is 5.32 Å². The summed E-state index contributed by atoms with van der Waals surface area (Å²) in [5.74, 6) is -0.274. The Hall–Kier alpha value is -2.52. The number of halogens is 2. The Balaban J connectivity index is 1.71. The van der Waals surface area contributed by atoms with Crippen LogP contribution in [0.15, 0.2) is 47.8 Å². The molecule has 1 amide bonds. The highest BCUT2D eigenvalue weighted by Gasteiger charge is 2.19. The van der Waals surface area contributed by atoms with E-state index in [1.54, 1.807) is 31.2 Å². The SMILES string of the molecule is CC(Sc1nnnn1-c1cccc(F)c1)C(=O)Nc1ccc(Cl)cn1. The molecule has 10 heteroatoms. The lowest BCUT2D eigenvalue weighted by atomic mass is 10.3. The summed E-state index contributed by atoms with van der Waals surface area (Å²) in [6.45, 7) is 1.71. The molecule has 3 rings (SSSR count). The molecule has 0 fully saturated rings. The van der Waals surface area contributed by atoms with E-state index in [0.29, 0.717) is 21.7 Å². The van der Waals surface area contributed by atoms with E-state index in [4.69, 9.17) is 11.6 Å². The smallest absolute Gasteiger partial charge is 0.238 e. The maximum Gasteiger partial charge on any atom is 0.238 e. The molecular formula is C15H12ClFN6OS. The topological polar surface area (TPSA) is 85.6 Å². The Morgan fingerprint density at radius 3 is 2.92 bits per heavy atom. The quantitative estimate of drug-likeness (QED) is 0.687. The Kier molecular flexibility index (Phi) is 5.25. The summed E-state index contributed by atoms with van der Waals surface area (Å²) in [6.07, 6.45) is 1.44. The molecule has 2 heterocycles. The number of nitrogens with zero attached hydrogens (tertiary/aromatic N) is 5. The number of benzene rings is 1. The first-order valence-corrected chi connectivity index (χ1v) is 8.42. The van der Waals surface area contributed by atoms with Crippen LogP contribution >= 0.6 is 23.4 Å². The van der Waals surface area contributed by atoms with Gasteiger partial charge in [-0.25, -0.2) is 9.37 Å². The highest BCUT2D eigenvalue weighted by Crippen LogP contribution is 2.24. The number of rotatable bonds is 5. The molecule has 128 valence electrons. The monoisotopic (exact) mass is 378 g/mol. The summed E-state index contributed by atoms with van der Waals surface area (Å²) < 4.78 is 14.8. The van der Waals surface area contributed by atoms with Gasteiger partial charge in [-0.05, 0) is 47.7 Å². The fourth-order valence-corrected chi connectivity index (χ4v) is 2.83. The van der Waals surface area contributed by atoms with E-state index in [-0.39, 0.29) is 5.91 Å². The lowest BCUT2D eigenvalue weighted by molar-refractivity contribution is -0.115. The van der Waals surface area contributed by atoms with Crippen LogP contribution in [0.4, 0.5) is 10.2 Å². The maximum atomic E-state index is 13.4. The molecule has 0 radical (unpaired) electrons. The van der Waals surface area contributed by atoms with Crippen LogP contribution in [0.5, 0.6) is 0 Å². The fourth-order valence-electron chi connectivity index (χ4n) is 1.91. The van der Waals surface area contributed by atoms with E-state index in [1.807, 2.05) is 0 Å². The molecule has 0 aliphatic heterocycles. The molecule has 2 aromatic heterocycles. The summed E-state index contributed by atoms with van der Waals surface area (Å²) in [4.78, 5) is 16.3. The van der Waals surface area contributed by atoms with Gasteiger partial charge in [0, 0.05) is 6.20 Å². The molecule has 0 saturated heterocycles. The number of pyridine rings is 1. The number of thioether (sulfide) groups is 1. The second kappa shape index (κ2) is 7.58. The van der Waals surface area contributed by atoms with Gasteiger partial charge in [0.15, 0.2) is 0 Å². The molecule has 0 saturated carbocycles. The molecule has 1 N–H and O–H groups in total. The minimum atomic E-state index is -0.504. The third-order valence-corrected chi connectivity index (χ3v) is 4.38. The molecule has 0 bridgehead atoms. The summed E-state index contributed by atoms with van der Waals surface area (Å²) in [5, 5.41) is 14.4. The molecule has 3 aromatic rings. The van der Waals surface area contributed by atoms with Crippen molar-refractivity contribution in [2.75, 3.05) is 5.32 Å². The van der Waals surface area contributed by atoms with Gasteiger partial charge in [0.25, 0.3) is 0 Å². The van der Waals surface area contributed by atoms with Crippen LogP contribution in [0, 0.1) is 5.82 Å². The largest absolute Gasteiger partial charge is 0.310 e. The van der Waals surface area contributed by atoms with Crippen molar-refractivity contribution in [3.63, 3.8) is 0 Å². The predicted octanol–water partition coefficient (Wildman–Crippen LogP) is 2.97. The number of amides is 1. The van der Waals surface area contributed by atoms with Crippen LogP contribution in [-0.2, 0) is 4.79 Å². The third kappa shape index (κ3) is 4.31. The predicted molar refractivity (Wildman–Crippen MR) is 92.3 cm³/mol. The normalized spacial score (nSPS) is 12.0. The van der Waals surface area contributed by atoms with E-state index >= 15 is 0 Å². The fraction of sp³-hybridized carbons (Fsp3) is 0.133. The van der Waals surface area contributed by atoms with Crippen molar-refractivity contribution in [2.45, 2.75) is 17.3 Å². The molecule has 1 atom stereocenters. The van der Waals surface area contributed by atoms with Crippen molar-refractivity contribution >= 4 is 35.1 Å². The lowest BCUT2D eigenvalue weighted by Crippen LogP contribution is -2.23. The second-order valence-electron chi connectivity index (χ2n) is 4.96. The molecule has 1 unspecified atom stereocenters. The molecule has 0 aliphatic carbocycles. The second-order valence-corrected chi connectivity index (χ2v) is 6.71. The van der Waals surface area contributed by atoms with E-state index in [1.165, 1.54) is 23.0 Å².